The average molecular weight is 470 g/mol. The summed E-state index contributed by atoms with van der Waals surface area (Å²) in [7, 11) is 0. The molecule has 7 heteroatoms. The third-order valence-corrected chi connectivity index (χ3v) is 5.95. The molecule has 0 saturated heterocycles. The molecule has 2 N–H and O–H groups in total. The van der Waals surface area contributed by atoms with Crippen molar-refractivity contribution in [2.75, 3.05) is 5.32 Å². The van der Waals surface area contributed by atoms with Crippen LogP contribution in [0.2, 0.25) is 0 Å². The molecule has 0 radical (unpaired) electrons. The van der Waals surface area contributed by atoms with Gasteiger partial charge in [-0.2, -0.15) is 0 Å². The first-order valence-corrected chi connectivity index (χ1v) is 12.2. The predicted octanol–water partition coefficient (Wildman–Crippen LogP) is 6.87. The number of anilines is 1. The van der Waals surface area contributed by atoms with E-state index in [9.17, 15) is 4.79 Å². The van der Waals surface area contributed by atoms with Crippen molar-refractivity contribution in [1.29, 1.82) is 0 Å². The highest BCUT2D eigenvalue weighted by Crippen LogP contribution is 2.28. The molecule has 1 aliphatic carbocycles. The molecule has 0 unspecified atom stereocenters. The summed E-state index contributed by atoms with van der Waals surface area (Å²) in [6.07, 6.45) is 9.45. The van der Waals surface area contributed by atoms with Crippen molar-refractivity contribution in [3.63, 3.8) is 0 Å². The van der Waals surface area contributed by atoms with Gasteiger partial charge in [-0.05, 0) is 57.7 Å². The smallest absolute Gasteiger partial charge is 0.408 e. The number of hydrogen-bond acceptors (Lipinski definition) is 5. The van der Waals surface area contributed by atoms with E-state index in [-0.39, 0.29) is 6.04 Å². The summed E-state index contributed by atoms with van der Waals surface area (Å²) in [5.74, 6) is 1.92. The van der Waals surface area contributed by atoms with E-state index in [0.717, 1.165) is 24.3 Å². The molecule has 1 saturated carbocycles. The molecule has 1 atom stereocenters. The second-order valence-electron chi connectivity index (χ2n) is 9.57. The van der Waals surface area contributed by atoms with Crippen molar-refractivity contribution in [2.24, 2.45) is 5.92 Å². The highest BCUT2D eigenvalue weighted by Gasteiger charge is 2.24. The molecule has 6 nitrogen and oxygen atoms in total. The summed E-state index contributed by atoms with van der Waals surface area (Å²) < 4.78 is 11.2. The Bertz CT molecular complexity index is 891. The molecule has 1 heterocycles. The van der Waals surface area contributed by atoms with E-state index >= 15 is 0 Å². The van der Waals surface area contributed by atoms with Crippen LogP contribution in [0, 0.1) is 5.92 Å². The van der Waals surface area contributed by atoms with Crippen LogP contribution in [0.25, 0.3) is 0 Å². The maximum absolute atomic E-state index is 12.4. The van der Waals surface area contributed by atoms with Gasteiger partial charge in [-0.1, -0.05) is 62.5 Å². The summed E-state index contributed by atoms with van der Waals surface area (Å²) in [4.78, 5) is 17.4. The van der Waals surface area contributed by atoms with Gasteiger partial charge in [0.05, 0.1) is 17.9 Å². The zero-order chi connectivity index (χ0) is 23.7. The van der Waals surface area contributed by atoms with Gasteiger partial charge in [0.25, 0.3) is 0 Å². The lowest BCUT2D eigenvalue weighted by Gasteiger charge is -2.27. The highest BCUT2D eigenvalue weighted by atomic mass is 32.1. The fourth-order valence-corrected chi connectivity index (χ4v) is 4.24. The number of alkyl carbamates (subject to hydrolysis) is 1. The molecule has 1 aromatic carbocycles. The van der Waals surface area contributed by atoms with Crippen molar-refractivity contribution in [1.82, 2.24) is 10.3 Å². The van der Waals surface area contributed by atoms with Crippen LogP contribution in [0.5, 0.6) is 11.6 Å². The minimum absolute atomic E-state index is 0.308. The van der Waals surface area contributed by atoms with Crippen LogP contribution in [0.15, 0.2) is 48.7 Å². The Morgan fingerprint density at radius 3 is 2.48 bits per heavy atom. The Labute approximate surface area is 202 Å². The number of pyridine rings is 1. The van der Waals surface area contributed by atoms with Gasteiger partial charge in [-0.25, -0.2) is 9.78 Å². The third-order valence-electron chi connectivity index (χ3n) is 5.57. The van der Waals surface area contributed by atoms with Crippen LogP contribution < -0.4 is 15.4 Å². The number of carbonyl (C=O) groups excluding carboxylic acids is 1. The zero-order valence-corrected chi connectivity index (χ0v) is 20.6. The maximum Gasteiger partial charge on any atom is 0.408 e. The minimum Gasteiger partial charge on any atom is -0.444 e. The number of nitrogens with one attached hydrogen (secondary N) is 2. The number of nitrogens with zero attached hydrogens (tertiary/aromatic N) is 1. The number of benzene rings is 1. The molecule has 1 aromatic heterocycles. The molecule has 3 rings (SSSR count). The number of aromatic nitrogens is 1. The lowest BCUT2D eigenvalue weighted by atomic mass is 9.85. The van der Waals surface area contributed by atoms with Gasteiger partial charge in [0.1, 0.15) is 16.3 Å². The van der Waals surface area contributed by atoms with Crippen LogP contribution in [0.4, 0.5) is 10.5 Å². The van der Waals surface area contributed by atoms with Gasteiger partial charge in [0, 0.05) is 6.07 Å². The quantitative estimate of drug-likeness (QED) is 0.411. The Hall–Kier alpha value is -2.67. The number of carbonyl (C=O) groups is 1. The summed E-state index contributed by atoms with van der Waals surface area (Å²) >= 11 is 5.68. The van der Waals surface area contributed by atoms with E-state index in [1.165, 1.54) is 32.1 Å². The fourth-order valence-electron chi connectivity index (χ4n) is 3.95. The van der Waals surface area contributed by atoms with Gasteiger partial charge in [0.15, 0.2) is 0 Å². The van der Waals surface area contributed by atoms with E-state index < -0.39 is 11.7 Å². The normalized spacial score (nSPS) is 15.4. The van der Waals surface area contributed by atoms with Crippen LogP contribution in [0.1, 0.15) is 65.7 Å². The maximum atomic E-state index is 12.4. The summed E-state index contributed by atoms with van der Waals surface area (Å²) in [6.45, 7) is 5.56. The molecule has 2 aromatic rings. The molecule has 1 aliphatic rings. The van der Waals surface area contributed by atoms with Crippen LogP contribution in [0.3, 0.4) is 0 Å². The fraction of sp³-hybridized carbons (Fsp3) is 0.500. The number of thiocarbonyl (C=S) groups is 1. The van der Waals surface area contributed by atoms with Crippen LogP contribution in [-0.2, 0) is 4.74 Å². The van der Waals surface area contributed by atoms with E-state index in [2.05, 4.69) is 15.6 Å². The number of para-hydroxylation sites is 1. The largest absolute Gasteiger partial charge is 0.444 e. The second kappa shape index (κ2) is 12.0. The van der Waals surface area contributed by atoms with Gasteiger partial charge >= 0.3 is 6.09 Å². The topological polar surface area (TPSA) is 72.5 Å². The predicted molar refractivity (Wildman–Crippen MR) is 136 cm³/mol. The van der Waals surface area contributed by atoms with E-state index in [4.69, 9.17) is 21.7 Å². The molecule has 0 bridgehead atoms. The average Bonchev–Trinajstić information content (AvgIpc) is 2.78. The molecular formula is C26H35N3O3S. The van der Waals surface area contributed by atoms with Crippen molar-refractivity contribution >= 4 is 29.0 Å². The van der Waals surface area contributed by atoms with Crippen molar-refractivity contribution < 1.29 is 14.3 Å². The van der Waals surface area contributed by atoms with Gasteiger partial charge in [-0.3, -0.25) is 0 Å². The Morgan fingerprint density at radius 1 is 1.12 bits per heavy atom. The van der Waals surface area contributed by atoms with Crippen molar-refractivity contribution in [2.45, 2.75) is 77.4 Å². The summed E-state index contributed by atoms with van der Waals surface area (Å²) in [5, 5.41) is 6.20. The van der Waals surface area contributed by atoms with Crippen LogP contribution in [-0.4, -0.2) is 27.7 Å². The van der Waals surface area contributed by atoms with Gasteiger partial charge in [-0.15, -0.1) is 0 Å². The number of hydrogen-bond donors (Lipinski definition) is 2. The lowest BCUT2D eigenvalue weighted by Crippen LogP contribution is -2.45. The Balaban J connectivity index is 1.60. The molecular weight excluding hydrogens is 434 g/mol. The molecule has 178 valence electrons. The lowest BCUT2D eigenvalue weighted by molar-refractivity contribution is 0.0515. The standard InChI is InChI=1S/C26H35N3O3S/c1-26(2,3)32-25(30)29-22(16-14-19-10-6-4-7-11-19)24(33)28-20-15-17-23(27-18-20)31-21-12-8-5-9-13-21/h5,8-9,12-13,15,17-19,22H,4,6-7,10-11,14,16H2,1-3H3,(H,28,33)(H,29,30)/t22-/m1/s1. The molecule has 1 amide bonds. The summed E-state index contributed by atoms with van der Waals surface area (Å²) in [5.41, 5.74) is 0.181. The first kappa shape index (κ1) is 25.0. The van der Waals surface area contributed by atoms with E-state index in [0.29, 0.717) is 16.8 Å². The third kappa shape index (κ3) is 9.00. The van der Waals surface area contributed by atoms with Crippen molar-refractivity contribution in [3.8, 4) is 11.6 Å². The van der Waals surface area contributed by atoms with Crippen LogP contribution >= 0.6 is 12.2 Å². The monoisotopic (exact) mass is 469 g/mol. The van der Waals surface area contributed by atoms with Gasteiger partial charge in [0.2, 0.25) is 5.88 Å². The number of rotatable bonds is 8. The Kier molecular flexibility index (Phi) is 9.06. The SMILES string of the molecule is CC(C)(C)OC(=O)N[C@H](CCC1CCCCC1)C(=S)Nc1ccc(Oc2ccccc2)nc1. The first-order valence-electron chi connectivity index (χ1n) is 11.8. The Morgan fingerprint density at radius 2 is 1.85 bits per heavy atom. The summed E-state index contributed by atoms with van der Waals surface area (Å²) in [6, 6.07) is 12.9. The number of amides is 1. The zero-order valence-electron chi connectivity index (χ0n) is 19.8. The minimum atomic E-state index is -0.564. The van der Waals surface area contributed by atoms with E-state index in [1.807, 2.05) is 57.2 Å². The van der Waals surface area contributed by atoms with Gasteiger partial charge < -0.3 is 20.1 Å². The van der Waals surface area contributed by atoms with E-state index in [1.54, 1.807) is 12.3 Å². The second-order valence-corrected chi connectivity index (χ2v) is 10.0. The molecule has 0 spiro atoms. The molecule has 33 heavy (non-hydrogen) atoms. The number of ether oxygens (including phenoxy) is 2. The first-order chi connectivity index (χ1) is 15.8. The van der Waals surface area contributed by atoms with Crippen molar-refractivity contribution in [3.05, 3.63) is 48.7 Å². The molecule has 0 aliphatic heterocycles. The molecule has 1 fully saturated rings. The highest BCUT2D eigenvalue weighted by molar-refractivity contribution is 7.80.